The van der Waals surface area contributed by atoms with Crippen LogP contribution < -0.4 is 5.32 Å². The number of rotatable bonds is 6. The van der Waals surface area contributed by atoms with E-state index in [-0.39, 0.29) is 5.91 Å². The van der Waals surface area contributed by atoms with E-state index in [1.165, 1.54) is 5.56 Å². The van der Waals surface area contributed by atoms with Crippen molar-refractivity contribution in [3.05, 3.63) is 53.3 Å². The molecule has 1 aliphatic rings. The number of nitriles is 1. The summed E-state index contributed by atoms with van der Waals surface area (Å²) in [4.78, 5) is 14.6. The van der Waals surface area contributed by atoms with Gasteiger partial charge in [-0.05, 0) is 50.1 Å². The zero-order chi connectivity index (χ0) is 17.6. The first-order valence-corrected chi connectivity index (χ1v) is 8.70. The van der Waals surface area contributed by atoms with Gasteiger partial charge in [-0.1, -0.05) is 0 Å². The van der Waals surface area contributed by atoms with E-state index < -0.39 is 0 Å². The Morgan fingerprint density at radius 3 is 2.88 bits per heavy atom. The lowest BCUT2D eigenvalue weighted by Gasteiger charge is -2.15. The summed E-state index contributed by atoms with van der Waals surface area (Å²) in [5.74, 6) is 0.399. The van der Waals surface area contributed by atoms with E-state index in [4.69, 9.17) is 5.26 Å². The molecule has 0 aliphatic carbocycles. The SMILES string of the molecule is CCn1cc(CN2CC[C@H](CNC(=O)c3ccc(C#N)cc3)C2)cn1. The lowest BCUT2D eigenvalue weighted by Crippen LogP contribution is -2.30. The number of likely N-dealkylation sites (tertiary alicyclic amines) is 1. The van der Waals surface area contributed by atoms with Gasteiger partial charge < -0.3 is 5.32 Å². The average molecular weight is 337 g/mol. The molecule has 130 valence electrons. The highest BCUT2D eigenvalue weighted by atomic mass is 16.1. The molecule has 2 heterocycles. The quantitative estimate of drug-likeness (QED) is 0.875. The van der Waals surface area contributed by atoms with Crippen LogP contribution in [0.2, 0.25) is 0 Å². The van der Waals surface area contributed by atoms with Crippen LogP contribution in [0.1, 0.15) is 34.8 Å². The summed E-state index contributed by atoms with van der Waals surface area (Å²) in [7, 11) is 0. The summed E-state index contributed by atoms with van der Waals surface area (Å²) in [6.45, 7) is 6.62. The molecule has 1 aromatic carbocycles. The number of benzene rings is 1. The van der Waals surface area contributed by atoms with Crippen LogP contribution in [-0.4, -0.2) is 40.2 Å². The second-order valence-electron chi connectivity index (χ2n) is 6.49. The number of hydrogen-bond acceptors (Lipinski definition) is 4. The molecule has 2 aromatic rings. The van der Waals surface area contributed by atoms with Gasteiger partial charge in [0.1, 0.15) is 0 Å². The Morgan fingerprint density at radius 1 is 1.40 bits per heavy atom. The van der Waals surface area contributed by atoms with Crippen molar-refractivity contribution in [3.8, 4) is 6.07 Å². The second kappa shape index (κ2) is 7.95. The molecule has 3 rings (SSSR count). The van der Waals surface area contributed by atoms with Gasteiger partial charge in [-0.2, -0.15) is 10.4 Å². The molecule has 1 N–H and O–H groups in total. The highest BCUT2D eigenvalue weighted by Gasteiger charge is 2.23. The second-order valence-corrected chi connectivity index (χ2v) is 6.49. The van der Waals surface area contributed by atoms with Crippen molar-refractivity contribution in [2.45, 2.75) is 26.4 Å². The Kier molecular flexibility index (Phi) is 5.46. The predicted molar refractivity (Wildman–Crippen MR) is 94.8 cm³/mol. The van der Waals surface area contributed by atoms with E-state index in [2.05, 4.69) is 34.5 Å². The minimum Gasteiger partial charge on any atom is -0.352 e. The molecule has 1 atom stereocenters. The molecule has 0 radical (unpaired) electrons. The Labute approximate surface area is 148 Å². The van der Waals surface area contributed by atoms with E-state index in [0.717, 1.165) is 32.6 Å². The van der Waals surface area contributed by atoms with Gasteiger partial charge in [0, 0.05) is 43.5 Å². The van der Waals surface area contributed by atoms with Gasteiger partial charge in [0.05, 0.1) is 17.8 Å². The van der Waals surface area contributed by atoms with Crippen LogP contribution in [-0.2, 0) is 13.1 Å². The van der Waals surface area contributed by atoms with Crippen LogP contribution >= 0.6 is 0 Å². The number of nitrogens with one attached hydrogen (secondary N) is 1. The molecule has 0 bridgehead atoms. The summed E-state index contributed by atoms with van der Waals surface area (Å²) in [6, 6.07) is 8.78. The van der Waals surface area contributed by atoms with Crippen LogP contribution in [0, 0.1) is 17.2 Å². The van der Waals surface area contributed by atoms with Crippen molar-refractivity contribution in [1.82, 2.24) is 20.0 Å². The summed E-state index contributed by atoms with van der Waals surface area (Å²) < 4.78 is 1.95. The van der Waals surface area contributed by atoms with Crippen LogP contribution in [0.15, 0.2) is 36.7 Å². The van der Waals surface area contributed by atoms with E-state index in [1.807, 2.05) is 10.9 Å². The number of hydrogen-bond donors (Lipinski definition) is 1. The van der Waals surface area contributed by atoms with Crippen molar-refractivity contribution in [1.29, 1.82) is 5.26 Å². The summed E-state index contributed by atoms with van der Waals surface area (Å²) in [5, 5.41) is 16.1. The van der Waals surface area contributed by atoms with Gasteiger partial charge in [-0.15, -0.1) is 0 Å². The van der Waals surface area contributed by atoms with Gasteiger partial charge in [-0.25, -0.2) is 0 Å². The molecule has 0 unspecified atom stereocenters. The van der Waals surface area contributed by atoms with Gasteiger partial charge in [0.15, 0.2) is 0 Å². The van der Waals surface area contributed by atoms with Gasteiger partial charge in [0.25, 0.3) is 5.91 Å². The number of carbonyl (C=O) groups excluding carboxylic acids is 1. The Hall–Kier alpha value is -2.65. The molecule has 1 aromatic heterocycles. The maximum absolute atomic E-state index is 12.2. The smallest absolute Gasteiger partial charge is 0.251 e. The van der Waals surface area contributed by atoms with Crippen LogP contribution in [0.25, 0.3) is 0 Å². The highest BCUT2D eigenvalue weighted by molar-refractivity contribution is 5.94. The minimum atomic E-state index is -0.0767. The van der Waals surface area contributed by atoms with E-state index >= 15 is 0 Å². The molecule has 1 amide bonds. The lowest BCUT2D eigenvalue weighted by atomic mass is 10.1. The zero-order valence-electron chi connectivity index (χ0n) is 14.5. The third-order valence-corrected chi connectivity index (χ3v) is 4.61. The molecule has 0 saturated carbocycles. The largest absolute Gasteiger partial charge is 0.352 e. The number of aryl methyl sites for hydroxylation is 1. The molecule has 25 heavy (non-hydrogen) atoms. The van der Waals surface area contributed by atoms with E-state index in [0.29, 0.717) is 23.6 Å². The van der Waals surface area contributed by atoms with Crippen molar-refractivity contribution in [2.24, 2.45) is 5.92 Å². The molecule has 0 spiro atoms. The molecule has 6 nitrogen and oxygen atoms in total. The molecule has 6 heteroatoms. The Bertz CT molecular complexity index is 759. The maximum atomic E-state index is 12.2. The van der Waals surface area contributed by atoms with Gasteiger partial charge in [0.2, 0.25) is 0 Å². The molecule has 1 aliphatic heterocycles. The third-order valence-electron chi connectivity index (χ3n) is 4.61. The normalized spacial score (nSPS) is 17.4. The van der Waals surface area contributed by atoms with Crippen LogP contribution in [0.3, 0.4) is 0 Å². The molecular weight excluding hydrogens is 314 g/mol. The topological polar surface area (TPSA) is 73.9 Å². The maximum Gasteiger partial charge on any atom is 0.251 e. The minimum absolute atomic E-state index is 0.0767. The van der Waals surface area contributed by atoms with Crippen LogP contribution in [0.5, 0.6) is 0 Å². The van der Waals surface area contributed by atoms with Crippen molar-refractivity contribution < 1.29 is 4.79 Å². The predicted octanol–water partition coefficient (Wildman–Crippen LogP) is 2.03. The van der Waals surface area contributed by atoms with E-state index in [1.54, 1.807) is 24.3 Å². The van der Waals surface area contributed by atoms with Crippen molar-refractivity contribution in [2.75, 3.05) is 19.6 Å². The summed E-state index contributed by atoms with van der Waals surface area (Å²) >= 11 is 0. The monoisotopic (exact) mass is 337 g/mol. The van der Waals surface area contributed by atoms with Crippen LogP contribution in [0.4, 0.5) is 0 Å². The summed E-state index contributed by atoms with van der Waals surface area (Å²) in [5.41, 5.74) is 2.40. The number of carbonyl (C=O) groups is 1. The third kappa shape index (κ3) is 4.46. The number of aromatic nitrogens is 2. The zero-order valence-corrected chi connectivity index (χ0v) is 14.5. The fourth-order valence-electron chi connectivity index (χ4n) is 3.18. The lowest BCUT2D eigenvalue weighted by molar-refractivity contribution is 0.0947. The van der Waals surface area contributed by atoms with Gasteiger partial charge >= 0.3 is 0 Å². The molecular formula is C19H23N5O. The fraction of sp³-hybridized carbons (Fsp3) is 0.421. The van der Waals surface area contributed by atoms with Crippen molar-refractivity contribution in [3.63, 3.8) is 0 Å². The van der Waals surface area contributed by atoms with E-state index in [9.17, 15) is 4.79 Å². The fourth-order valence-corrected chi connectivity index (χ4v) is 3.18. The summed E-state index contributed by atoms with van der Waals surface area (Å²) in [6.07, 6.45) is 5.12. The standard InChI is InChI=1S/C19H23N5O/c1-2-24-14-17(11-22-24)13-23-8-7-16(12-23)10-21-19(25)18-5-3-15(9-20)4-6-18/h3-6,11,14,16H,2,7-8,10,12-13H2,1H3,(H,21,25)/t16-/m1/s1. The first-order valence-electron chi connectivity index (χ1n) is 8.70. The van der Waals surface area contributed by atoms with Crippen molar-refractivity contribution >= 4 is 5.91 Å². The number of nitrogens with zero attached hydrogens (tertiary/aromatic N) is 4. The first-order chi connectivity index (χ1) is 12.2. The number of amides is 1. The molecule has 1 saturated heterocycles. The Morgan fingerprint density at radius 2 is 2.20 bits per heavy atom. The molecule has 1 fully saturated rings. The highest BCUT2D eigenvalue weighted by Crippen LogP contribution is 2.18. The Balaban J connectivity index is 1.44. The average Bonchev–Trinajstić information content (AvgIpc) is 3.29. The van der Waals surface area contributed by atoms with Gasteiger partial charge in [-0.3, -0.25) is 14.4 Å². The first kappa shape index (κ1) is 17.2.